The van der Waals surface area contributed by atoms with Gasteiger partial charge in [0, 0.05) is 17.3 Å². The summed E-state index contributed by atoms with van der Waals surface area (Å²) >= 11 is 8.96. The molecule has 3 aromatic rings. The summed E-state index contributed by atoms with van der Waals surface area (Å²) in [6.45, 7) is 0.578. The van der Waals surface area contributed by atoms with Crippen molar-refractivity contribution < 1.29 is 9.18 Å². The number of thiazole rings is 1. The van der Waals surface area contributed by atoms with Gasteiger partial charge in [0.05, 0.1) is 21.3 Å². The third-order valence-electron chi connectivity index (χ3n) is 4.61. The Balaban J connectivity index is 1.35. The summed E-state index contributed by atoms with van der Waals surface area (Å²) < 4.78 is 13.8. The van der Waals surface area contributed by atoms with Crippen LogP contribution in [0.3, 0.4) is 0 Å². The predicted octanol–water partition coefficient (Wildman–Crippen LogP) is 5.05. The Hall–Kier alpha value is -1.76. The van der Waals surface area contributed by atoms with E-state index in [-0.39, 0.29) is 23.6 Å². The number of aromatic nitrogens is 1. The van der Waals surface area contributed by atoms with Crippen LogP contribution in [0.1, 0.15) is 24.1 Å². The Morgan fingerprint density at radius 2 is 2.00 bits per heavy atom. The molecule has 1 N–H and O–H groups in total. The maximum atomic E-state index is 13.1. The molecule has 7 heteroatoms. The minimum absolute atomic E-state index is 0.0374. The zero-order chi connectivity index (χ0) is 18.1. The van der Waals surface area contributed by atoms with Gasteiger partial charge in [0.15, 0.2) is 0 Å². The molecule has 2 heterocycles. The van der Waals surface area contributed by atoms with Crippen molar-refractivity contribution in [1.29, 1.82) is 0 Å². The monoisotopic (exact) mass is 406 g/mol. The fraction of sp³-hybridized carbons (Fsp3) is 0.263. The molecule has 0 spiro atoms. The molecule has 1 aliphatic carbocycles. The number of hydrogen-bond donors (Lipinski definition) is 1. The second kappa shape index (κ2) is 7.10. The Kier molecular flexibility index (Phi) is 4.82. The van der Waals surface area contributed by atoms with E-state index in [1.54, 1.807) is 0 Å². The number of benzene rings is 1. The highest BCUT2D eigenvalue weighted by molar-refractivity contribution is 7.23. The number of thiophene rings is 1. The van der Waals surface area contributed by atoms with Crippen molar-refractivity contribution in [3.63, 3.8) is 0 Å². The third kappa shape index (κ3) is 3.82. The quantitative estimate of drug-likeness (QED) is 0.622. The van der Waals surface area contributed by atoms with E-state index in [0.717, 1.165) is 38.3 Å². The number of carbonyl (C=O) groups is 1. The average molecular weight is 407 g/mol. The van der Waals surface area contributed by atoms with Crippen LogP contribution < -0.4 is 5.32 Å². The molecule has 1 aliphatic rings. The zero-order valence-corrected chi connectivity index (χ0v) is 16.2. The molecule has 1 saturated carbocycles. The van der Waals surface area contributed by atoms with Gasteiger partial charge in [-0.2, -0.15) is 0 Å². The van der Waals surface area contributed by atoms with Crippen molar-refractivity contribution in [2.24, 2.45) is 0 Å². The predicted molar refractivity (Wildman–Crippen MR) is 104 cm³/mol. The summed E-state index contributed by atoms with van der Waals surface area (Å²) in [6.07, 6.45) is 2.28. The smallest absolute Gasteiger partial charge is 0.226 e. The molecule has 2 aromatic heterocycles. The second-order valence-electron chi connectivity index (χ2n) is 6.49. The Morgan fingerprint density at radius 3 is 2.65 bits per heavy atom. The first-order chi connectivity index (χ1) is 12.5. The van der Waals surface area contributed by atoms with E-state index in [9.17, 15) is 9.18 Å². The van der Waals surface area contributed by atoms with Crippen molar-refractivity contribution >= 4 is 40.2 Å². The van der Waals surface area contributed by atoms with Crippen LogP contribution in [0.25, 0.3) is 9.88 Å². The lowest BCUT2D eigenvalue weighted by Gasteiger charge is -2.16. The van der Waals surface area contributed by atoms with Gasteiger partial charge < -0.3 is 5.32 Å². The first-order valence-electron chi connectivity index (χ1n) is 8.27. The Morgan fingerprint density at radius 1 is 1.23 bits per heavy atom. The second-order valence-corrected chi connectivity index (χ2v) is 9.06. The van der Waals surface area contributed by atoms with Crippen LogP contribution in [0.15, 0.2) is 41.8 Å². The van der Waals surface area contributed by atoms with Gasteiger partial charge in [-0.25, -0.2) is 9.37 Å². The molecular formula is C19H16ClFN2OS2. The van der Waals surface area contributed by atoms with Gasteiger partial charge in [0.25, 0.3) is 0 Å². The van der Waals surface area contributed by atoms with Crippen molar-refractivity contribution in [2.45, 2.75) is 24.7 Å². The van der Waals surface area contributed by atoms with Crippen LogP contribution in [-0.4, -0.2) is 17.4 Å². The van der Waals surface area contributed by atoms with Crippen LogP contribution in [0, 0.1) is 5.82 Å². The number of carbonyl (C=O) groups excluding carboxylic acids is 1. The fourth-order valence-electron chi connectivity index (χ4n) is 2.95. The minimum atomic E-state index is -0.236. The average Bonchev–Trinajstić information content (AvgIpc) is 3.05. The molecule has 3 nitrogen and oxygen atoms in total. The highest BCUT2D eigenvalue weighted by Crippen LogP contribution is 2.47. The van der Waals surface area contributed by atoms with E-state index >= 15 is 0 Å². The molecular weight excluding hydrogens is 391 g/mol. The summed E-state index contributed by atoms with van der Waals surface area (Å²) in [6, 6.07) is 10.4. The van der Waals surface area contributed by atoms with Crippen LogP contribution in [0.4, 0.5) is 4.39 Å². The SMILES string of the molecule is O=C(Cc1csc(-c2ccc(Cl)s2)n1)NCC1(c2ccc(F)cc2)CC1. The van der Waals surface area contributed by atoms with E-state index in [0.29, 0.717) is 6.54 Å². The normalized spacial score (nSPS) is 15.0. The lowest BCUT2D eigenvalue weighted by Crippen LogP contribution is -2.33. The van der Waals surface area contributed by atoms with Crippen LogP contribution in [0.5, 0.6) is 0 Å². The molecule has 0 saturated heterocycles. The molecule has 0 bridgehead atoms. The van der Waals surface area contributed by atoms with Gasteiger partial charge in [0.2, 0.25) is 5.91 Å². The highest BCUT2D eigenvalue weighted by atomic mass is 35.5. The van der Waals surface area contributed by atoms with Crippen LogP contribution in [0.2, 0.25) is 4.34 Å². The molecule has 1 aromatic carbocycles. The van der Waals surface area contributed by atoms with Gasteiger partial charge >= 0.3 is 0 Å². The summed E-state index contributed by atoms with van der Waals surface area (Å²) in [5, 5.41) is 5.81. The molecule has 26 heavy (non-hydrogen) atoms. The Labute approximate surface area is 163 Å². The maximum Gasteiger partial charge on any atom is 0.226 e. The fourth-order valence-corrected chi connectivity index (χ4v) is 4.88. The Bertz CT molecular complexity index is 931. The molecule has 0 atom stereocenters. The zero-order valence-electron chi connectivity index (χ0n) is 13.8. The van der Waals surface area contributed by atoms with Crippen molar-refractivity contribution in [3.8, 4) is 9.88 Å². The topological polar surface area (TPSA) is 42.0 Å². The largest absolute Gasteiger partial charge is 0.355 e. The van der Waals surface area contributed by atoms with Gasteiger partial charge in [0.1, 0.15) is 10.8 Å². The summed E-state index contributed by atoms with van der Waals surface area (Å²) in [5.74, 6) is -0.278. The van der Waals surface area contributed by atoms with Crippen LogP contribution in [-0.2, 0) is 16.6 Å². The van der Waals surface area contributed by atoms with E-state index in [1.165, 1.54) is 34.8 Å². The number of nitrogens with one attached hydrogen (secondary N) is 1. The number of nitrogens with zero attached hydrogens (tertiary/aromatic N) is 1. The number of amides is 1. The van der Waals surface area contributed by atoms with Crippen molar-refractivity contribution in [1.82, 2.24) is 10.3 Å². The van der Waals surface area contributed by atoms with Gasteiger partial charge in [-0.3, -0.25) is 4.79 Å². The number of hydrogen-bond acceptors (Lipinski definition) is 4. The van der Waals surface area contributed by atoms with E-state index < -0.39 is 0 Å². The standard InChI is InChI=1S/C19H16ClFN2OS2/c20-16-6-5-15(26-16)18-23-14(10-25-18)9-17(24)22-11-19(7-8-19)12-1-3-13(21)4-2-12/h1-6,10H,7-9,11H2,(H,22,24). The van der Waals surface area contributed by atoms with Gasteiger partial charge in [-0.15, -0.1) is 22.7 Å². The molecule has 4 rings (SSSR count). The molecule has 134 valence electrons. The lowest BCUT2D eigenvalue weighted by molar-refractivity contribution is -0.120. The highest BCUT2D eigenvalue weighted by Gasteiger charge is 2.44. The van der Waals surface area contributed by atoms with Gasteiger partial charge in [-0.05, 0) is 42.7 Å². The first kappa shape index (κ1) is 17.6. The van der Waals surface area contributed by atoms with Crippen LogP contribution >= 0.6 is 34.3 Å². The molecule has 1 fully saturated rings. The van der Waals surface area contributed by atoms with Crippen molar-refractivity contribution in [2.75, 3.05) is 6.54 Å². The molecule has 0 radical (unpaired) electrons. The summed E-state index contributed by atoms with van der Waals surface area (Å²) in [4.78, 5) is 17.8. The summed E-state index contributed by atoms with van der Waals surface area (Å²) in [5.41, 5.74) is 1.81. The van der Waals surface area contributed by atoms with E-state index in [1.807, 2.05) is 29.6 Å². The van der Waals surface area contributed by atoms with E-state index in [4.69, 9.17) is 11.6 Å². The minimum Gasteiger partial charge on any atom is -0.355 e. The number of rotatable bonds is 6. The molecule has 1 amide bonds. The van der Waals surface area contributed by atoms with Gasteiger partial charge in [-0.1, -0.05) is 23.7 Å². The molecule has 0 unspecified atom stereocenters. The number of halogens is 2. The maximum absolute atomic E-state index is 13.1. The molecule has 0 aliphatic heterocycles. The van der Waals surface area contributed by atoms with E-state index in [2.05, 4.69) is 10.3 Å². The third-order valence-corrected chi connectivity index (χ3v) is 6.90. The first-order valence-corrected chi connectivity index (χ1v) is 10.3. The summed E-state index contributed by atoms with van der Waals surface area (Å²) in [7, 11) is 0. The lowest BCUT2D eigenvalue weighted by atomic mass is 9.96. The van der Waals surface area contributed by atoms with Crippen molar-refractivity contribution in [3.05, 3.63) is 63.2 Å².